The Morgan fingerprint density at radius 1 is 1.40 bits per heavy atom. The average Bonchev–Trinajstić information content (AvgIpc) is 2.76. The molecule has 1 heterocycles. The van der Waals surface area contributed by atoms with E-state index >= 15 is 0 Å². The van der Waals surface area contributed by atoms with E-state index in [9.17, 15) is 4.79 Å². The molecule has 20 heavy (non-hydrogen) atoms. The molecule has 0 N–H and O–H groups in total. The second-order valence-electron chi connectivity index (χ2n) is 5.04. The Bertz CT molecular complexity index is 634. The maximum absolute atomic E-state index is 12.0. The van der Waals surface area contributed by atoms with Crippen LogP contribution in [0.2, 0.25) is 5.02 Å². The fraction of sp³-hybridized carbons (Fsp3) is 0.467. The van der Waals surface area contributed by atoms with Crippen LogP contribution in [-0.4, -0.2) is 22.1 Å². The summed E-state index contributed by atoms with van der Waals surface area (Å²) in [6.45, 7) is 8.13. The number of carbonyl (C=O) groups is 1. The topological polar surface area (TPSA) is 44.1 Å². The van der Waals surface area contributed by atoms with Gasteiger partial charge < -0.3 is 9.30 Å². The zero-order valence-electron chi connectivity index (χ0n) is 12.2. The van der Waals surface area contributed by atoms with Crippen molar-refractivity contribution in [3.8, 4) is 0 Å². The molecule has 0 saturated carbocycles. The number of nitrogens with zero attached hydrogens (tertiary/aromatic N) is 2. The standard InChI is InChI=1S/C15H19ClN2O2/c1-5-20-15(19)10(4)14-17-12-8-11(16)6-7-13(12)18(14)9(2)3/h6-10H,5H2,1-4H3. The van der Waals surface area contributed by atoms with Gasteiger partial charge in [-0.15, -0.1) is 0 Å². The number of carbonyl (C=O) groups excluding carboxylic acids is 1. The van der Waals surface area contributed by atoms with Gasteiger partial charge >= 0.3 is 5.97 Å². The number of aromatic nitrogens is 2. The zero-order valence-corrected chi connectivity index (χ0v) is 12.9. The molecule has 0 aliphatic heterocycles. The highest BCUT2D eigenvalue weighted by molar-refractivity contribution is 6.31. The highest BCUT2D eigenvalue weighted by atomic mass is 35.5. The molecule has 2 aromatic rings. The molecule has 1 aromatic heterocycles. The first kappa shape index (κ1) is 14.9. The molecule has 1 unspecified atom stereocenters. The molecule has 0 bridgehead atoms. The van der Waals surface area contributed by atoms with Gasteiger partial charge in [0.2, 0.25) is 0 Å². The predicted molar refractivity (Wildman–Crippen MR) is 80.2 cm³/mol. The number of halogens is 1. The van der Waals surface area contributed by atoms with Crippen molar-refractivity contribution in [3.63, 3.8) is 0 Å². The number of hydrogen-bond donors (Lipinski definition) is 0. The molecule has 0 spiro atoms. The number of hydrogen-bond acceptors (Lipinski definition) is 3. The molecule has 0 amide bonds. The summed E-state index contributed by atoms with van der Waals surface area (Å²) in [6.07, 6.45) is 0. The number of benzene rings is 1. The lowest BCUT2D eigenvalue weighted by atomic mass is 10.1. The highest BCUT2D eigenvalue weighted by Crippen LogP contribution is 2.28. The molecule has 5 heteroatoms. The average molecular weight is 295 g/mol. The van der Waals surface area contributed by atoms with Gasteiger partial charge in [0.15, 0.2) is 0 Å². The first-order chi connectivity index (χ1) is 9.45. The molecule has 0 aliphatic carbocycles. The third-order valence-corrected chi connectivity index (χ3v) is 3.46. The monoisotopic (exact) mass is 294 g/mol. The minimum absolute atomic E-state index is 0.202. The second-order valence-corrected chi connectivity index (χ2v) is 5.48. The fourth-order valence-electron chi connectivity index (χ4n) is 2.31. The van der Waals surface area contributed by atoms with Crippen molar-refractivity contribution in [2.45, 2.75) is 39.7 Å². The van der Waals surface area contributed by atoms with E-state index in [2.05, 4.69) is 23.4 Å². The summed E-state index contributed by atoms with van der Waals surface area (Å²) in [7, 11) is 0. The van der Waals surface area contributed by atoms with Crippen molar-refractivity contribution in [3.05, 3.63) is 29.0 Å². The van der Waals surface area contributed by atoms with E-state index < -0.39 is 5.92 Å². The van der Waals surface area contributed by atoms with Gasteiger partial charge in [0.05, 0.1) is 17.6 Å². The summed E-state index contributed by atoms with van der Waals surface area (Å²) in [6, 6.07) is 5.79. The van der Waals surface area contributed by atoms with Gasteiger partial charge in [-0.1, -0.05) is 11.6 Å². The Morgan fingerprint density at radius 3 is 2.70 bits per heavy atom. The summed E-state index contributed by atoms with van der Waals surface area (Å²) in [5.41, 5.74) is 1.79. The number of ether oxygens (including phenoxy) is 1. The van der Waals surface area contributed by atoms with Crippen LogP contribution in [0.25, 0.3) is 11.0 Å². The summed E-state index contributed by atoms with van der Waals surface area (Å²) in [5.74, 6) is 0.0649. The molecule has 0 saturated heterocycles. The van der Waals surface area contributed by atoms with E-state index in [1.807, 2.05) is 25.1 Å². The number of imidazole rings is 1. The van der Waals surface area contributed by atoms with Crippen LogP contribution < -0.4 is 0 Å². The zero-order chi connectivity index (χ0) is 14.9. The van der Waals surface area contributed by atoms with Crippen molar-refractivity contribution in [2.75, 3.05) is 6.61 Å². The third kappa shape index (κ3) is 2.66. The van der Waals surface area contributed by atoms with Gasteiger partial charge in [0.25, 0.3) is 0 Å². The van der Waals surface area contributed by atoms with Crippen LogP contribution in [0.1, 0.15) is 45.5 Å². The minimum Gasteiger partial charge on any atom is -0.465 e. The van der Waals surface area contributed by atoms with Crippen LogP contribution in [0.5, 0.6) is 0 Å². The van der Waals surface area contributed by atoms with E-state index in [4.69, 9.17) is 16.3 Å². The number of rotatable bonds is 4. The number of fused-ring (bicyclic) bond motifs is 1. The van der Waals surface area contributed by atoms with Crippen molar-refractivity contribution in [2.24, 2.45) is 0 Å². The van der Waals surface area contributed by atoms with Crippen molar-refractivity contribution in [1.82, 2.24) is 9.55 Å². The minimum atomic E-state index is -0.400. The summed E-state index contributed by atoms with van der Waals surface area (Å²) in [5, 5.41) is 0.640. The molecule has 0 fully saturated rings. The molecular weight excluding hydrogens is 276 g/mol. The maximum Gasteiger partial charge on any atom is 0.316 e. The third-order valence-electron chi connectivity index (χ3n) is 3.22. The predicted octanol–water partition coefficient (Wildman–Crippen LogP) is 3.94. The molecular formula is C15H19ClN2O2. The SMILES string of the molecule is CCOC(=O)C(C)c1nc2cc(Cl)ccc2n1C(C)C. The lowest BCUT2D eigenvalue weighted by Gasteiger charge is -2.16. The normalized spacial score (nSPS) is 12.9. The Labute approximate surface area is 123 Å². The van der Waals surface area contributed by atoms with Crippen LogP contribution in [0, 0.1) is 0 Å². The summed E-state index contributed by atoms with van der Waals surface area (Å²) < 4.78 is 7.16. The first-order valence-corrected chi connectivity index (χ1v) is 7.17. The van der Waals surface area contributed by atoms with Crippen LogP contribution in [0.15, 0.2) is 18.2 Å². The maximum atomic E-state index is 12.0. The first-order valence-electron chi connectivity index (χ1n) is 6.79. The van der Waals surface area contributed by atoms with Crippen molar-refractivity contribution >= 4 is 28.6 Å². The van der Waals surface area contributed by atoms with Crippen LogP contribution in [0.4, 0.5) is 0 Å². The Hall–Kier alpha value is -1.55. The van der Waals surface area contributed by atoms with Crippen LogP contribution in [0.3, 0.4) is 0 Å². The number of esters is 1. The Morgan fingerprint density at radius 2 is 2.10 bits per heavy atom. The lowest BCUT2D eigenvalue weighted by molar-refractivity contribution is -0.144. The molecule has 108 valence electrons. The molecule has 2 rings (SSSR count). The second kappa shape index (κ2) is 5.83. The van der Waals surface area contributed by atoms with Crippen molar-refractivity contribution < 1.29 is 9.53 Å². The van der Waals surface area contributed by atoms with E-state index in [0.717, 1.165) is 16.9 Å². The van der Waals surface area contributed by atoms with Gasteiger partial charge in [0, 0.05) is 11.1 Å². The van der Waals surface area contributed by atoms with Gasteiger partial charge in [-0.05, 0) is 45.9 Å². The van der Waals surface area contributed by atoms with Gasteiger partial charge in [0.1, 0.15) is 11.7 Å². The van der Waals surface area contributed by atoms with Crippen LogP contribution >= 0.6 is 11.6 Å². The lowest BCUT2D eigenvalue weighted by Crippen LogP contribution is -2.18. The quantitative estimate of drug-likeness (QED) is 0.802. The molecule has 0 radical (unpaired) electrons. The molecule has 1 aromatic carbocycles. The van der Waals surface area contributed by atoms with E-state index in [1.54, 1.807) is 6.92 Å². The molecule has 1 atom stereocenters. The van der Waals surface area contributed by atoms with Crippen LogP contribution in [-0.2, 0) is 9.53 Å². The van der Waals surface area contributed by atoms with Gasteiger partial charge in [-0.3, -0.25) is 4.79 Å². The molecule has 0 aliphatic rings. The summed E-state index contributed by atoms with van der Waals surface area (Å²) in [4.78, 5) is 16.5. The van der Waals surface area contributed by atoms with Gasteiger partial charge in [-0.2, -0.15) is 0 Å². The summed E-state index contributed by atoms with van der Waals surface area (Å²) >= 11 is 6.01. The van der Waals surface area contributed by atoms with Crippen molar-refractivity contribution in [1.29, 1.82) is 0 Å². The largest absolute Gasteiger partial charge is 0.465 e. The van der Waals surface area contributed by atoms with Gasteiger partial charge in [-0.25, -0.2) is 4.98 Å². The smallest absolute Gasteiger partial charge is 0.316 e. The highest BCUT2D eigenvalue weighted by Gasteiger charge is 2.24. The Balaban J connectivity index is 2.57. The van der Waals surface area contributed by atoms with E-state index in [1.165, 1.54) is 0 Å². The molecule has 4 nitrogen and oxygen atoms in total. The fourth-order valence-corrected chi connectivity index (χ4v) is 2.48. The van der Waals surface area contributed by atoms with E-state index in [0.29, 0.717) is 11.6 Å². The Kier molecular flexibility index (Phi) is 4.33. The van der Waals surface area contributed by atoms with E-state index in [-0.39, 0.29) is 12.0 Å².